The molecule has 0 aromatic heterocycles. The fraction of sp³-hybridized carbons (Fsp3) is 0.200. The van der Waals surface area contributed by atoms with Crippen LogP contribution in [0.1, 0.15) is 16.8 Å². The van der Waals surface area contributed by atoms with Crippen LogP contribution in [-0.4, -0.2) is 42.2 Å². The highest BCUT2D eigenvalue weighted by atomic mass is 32.2. The van der Waals surface area contributed by atoms with Gasteiger partial charge in [0, 0.05) is 26.1 Å². The molecule has 3 rings (SSSR count). The van der Waals surface area contributed by atoms with Crippen molar-refractivity contribution in [1.29, 1.82) is 0 Å². The zero-order valence-corrected chi connectivity index (χ0v) is 16.3. The van der Waals surface area contributed by atoms with Crippen LogP contribution in [0.4, 0.5) is 11.4 Å². The third kappa shape index (κ3) is 4.23. The van der Waals surface area contributed by atoms with Crippen LogP contribution in [0.2, 0.25) is 0 Å². The maximum atomic E-state index is 12.8. The number of benzene rings is 2. The lowest BCUT2D eigenvalue weighted by atomic mass is 10.2. The third-order valence-corrected chi connectivity index (χ3v) is 5.35. The molecule has 0 radical (unpaired) electrons. The number of thioether (sulfide) groups is 1. The number of hydrogen-bond acceptors (Lipinski definition) is 5. The van der Waals surface area contributed by atoms with Gasteiger partial charge in [0.05, 0.1) is 11.4 Å². The molecule has 1 aliphatic heterocycles. The number of rotatable bonds is 4. The monoisotopic (exact) mass is 396 g/mol. The van der Waals surface area contributed by atoms with Crippen LogP contribution < -0.4 is 15.5 Å². The van der Waals surface area contributed by atoms with E-state index in [2.05, 4.69) is 15.6 Å². The molecule has 1 atom stereocenters. The predicted molar refractivity (Wildman–Crippen MR) is 111 cm³/mol. The highest BCUT2D eigenvalue weighted by Gasteiger charge is 2.40. The highest BCUT2D eigenvalue weighted by Crippen LogP contribution is 2.30. The zero-order chi connectivity index (χ0) is 20.1. The van der Waals surface area contributed by atoms with Gasteiger partial charge in [0.2, 0.25) is 11.8 Å². The molecule has 7 nitrogen and oxygen atoms in total. The molecule has 0 bridgehead atoms. The molecule has 1 heterocycles. The molecule has 1 saturated heterocycles. The lowest BCUT2D eigenvalue weighted by molar-refractivity contribution is -0.121. The second-order valence-electron chi connectivity index (χ2n) is 6.01. The summed E-state index contributed by atoms with van der Waals surface area (Å²) in [5.41, 5.74) is 1.68. The summed E-state index contributed by atoms with van der Waals surface area (Å²) in [4.78, 5) is 42.6. The number of amidine groups is 1. The first kappa shape index (κ1) is 19.6. The van der Waals surface area contributed by atoms with E-state index in [0.717, 1.165) is 5.69 Å². The molecule has 0 aliphatic carbocycles. The topological polar surface area (TPSA) is 90.9 Å². The first-order chi connectivity index (χ1) is 13.5. The Bertz CT molecular complexity index is 913. The number of carbonyl (C=O) groups excluding carboxylic acids is 3. The Morgan fingerprint density at radius 1 is 1.04 bits per heavy atom. The van der Waals surface area contributed by atoms with E-state index >= 15 is 0 Å². The van der Waals surface area contributed by atoms with Crippen molar-refractivity contribution in [2.75, 3.05) is 19.0 Å². The maximum absolute atomic E-state index is 12.8. The summed E-state index contributed by atoms with van der Waals surface area (Å²) < 4.78 is 0. The average molecular weight is 396 g/mol. The lowest BCUT2D eigenvalue weighted by Gasteiger charge is -2.15. The van der Waals surface area contributed by atoms with Crippen molar-refractivity contribution < 1.29 is 14.4 Å². The molecular formula is C20H20N4O3S. The smallest absolute Gasteiger partial charge is 0.251 e. The van der Waals surface area contributed by atoms with E-state index in [-0.39, 0.29) is 24.1 Å². The number of nitrogens with one attached hydrogen (secondary N) is 2. The highest BCUT2D eigenvalue weighted by molar-refractivity contribution is 8.15. The standard InChI is InChI=1S/C20H20N4O3S/c1-21-18(26)13-8-10-15(11-9-13)24-17(25)12-16(19(24)27)28-20(22-2)23-14-6-4-3-5-7-14/h3-11,16H,12H2,1-2H3,(H,21,26)(H,22,23). The number of carbonyl (C=O) groups is 3. The summed E-state index contributed by atoms with van der Waals surface area (Å²) in [6.07, 6.45) is 0.0934. The summed E-state index contributed by atoms with van der Waals surface area (Å²) in [7, 11) is 3.27. The Labute approximate surface area is 167 Å². The molecule has 3 amide bonds. The Balaban J connectivity index is 1.76. The van der Waals surface area contributed by atoms with Crippen LogP contribution in [0.15, 0.2) is 59.6 Å². The van der Waals surface area contributed by atoms with E-state index in [0.29, 0.717) is 16.4 Å². The van der Waals surface area contributed by atoms with Gasteiger partial charge in [-0.3, -0.25) is 14.4 Å². The van der Waals surface area contributed by atoms with Crippen molar-refractivity contribution in [2.45, 2.75) is 11.7 Å². The Morgan fingerprint density at radius 2 is 1.71 bits per heavy atom. The second kappa shape index (κ2) is 8.71. The van der Waals surface area contributed by atoms with Gasteiger partial charge in [-0.25, -0.2) is 9.89 Å². The fourth-order valence-electron chi connectivity index (χ4n) is 2.77. The molecule has 144 valence electrons. The van der Waals surface area contributed by atoms with Crippen molar-refractivity contribution in [3.8, 4) is 0 Å². The molecule has 8 heteroatoms. The number of para-hydroxylation sites is 1. The first-order valence-electron chi connectivity index (χ1n) is 8.70. The molecule has 2 aromatic rings. The minimum atomic E-state index is -0.555. The van der Waals surface area contributed by atoms with Crippen molar-refractivity contribution >= 4 is 46.0 Å². The van der Waals surface area contributed by atoms with Gasteiger partial charge in [-0.2, -0.15) is 0 Å². The number of imide groups is 1. The molecule has 0 saturated carbocycles. The summed E-state index contributed by atoms with van der Waals surface area (Å²) in [6.45, 7) is 0. The second-order valence-corrected chi connectivity index (χ2v) is 7.20. The van der Waals surface area contributed by atoms with Gasteiger partial charge in [0.15, 0.2) is 5.17 Å². The number of hydrogen-bond donors (Lipinski definition) is 2. The minimum absolute atomic E-state index is 0.0934. The summed E-state index contributed by atoms with van der Waals surface area (Å²) >= 11 is 1.23. The van der Waals surface area contributed by atoms with Crippen LogP contribution in [0.5, 0.6) is 0 Å². The SMILES string of the molecule is CNC(=O)c1ccc(N2C(=O)CC(S/C(=N/c3ccccc3)NC)C2=O)cc1. The van der Waals surface area contributed by atoms with E-state index < -0.39 is 5.25 Å². The lowest BCUT2D eigenvalue weighted by Crippen LogP contribution is -2.32. The van der Waals surface area contributed by atoms with Crippen molar-refractivity contribution in [3.63, 3.8) is 0 Å². The Kier molecular flexibility index (Phi) is 6.10. The molecule has 1 unspecified atom stereocenters. The first-order valence-corrected chi connectivity index (χ1v) is 9.58. The van der Waals surface area contributed by atoms with Crippen LogP contribution in [-0.2, 0) is 9.59 Å². The van der Waals surface area contributed by atoms with E-state index in [1.54, 1.807) is 38.4 Å². The summed E-state index contributed by atoms with van der Waals surface area (Å²) in [6, 6.07) is 15.8. The van der Waals surface area contributed by atoms with E-state index in [4.69, 9.17) is 0 Å². The predicted octanol–water partition coefficient (Wildman–Crippen LogP) is 2.32. The van der Waals surface area contributed by atoms with E-state index in [1.165, 1.54) is 16.7 Å². The molecule has 28 heavy (non-hydrogen) atoms. The van der Waals surface area contributed by atoms with Crippen LogP contribution in [0.3, 0.4) is 0 Å². The quantitative estimate of drug-likeness (QED) is 0.470. The maximum Gasteiger partial charge on any atom is 0.251 e. The van der Waals surface area contributed by atoms with E-state index in [9.17, 15) is 14.4 Å². The van der Waals surface area contributed by atoms with Gasteiger partial charge >= 0.3 is 0 Å². The molecular weight excluding hydrogens is 376 g/mol. The average Bonchev–Trinajstić information content (AvgIpc) is 3.00. The third-order valence-electron chi connectivity index (χ3n) is 4.17. The van der Waals surface area contributed by atoms with E-state index in [1.807, 2.05) is 30.3 Å². The van der Waals surface area contributed by atoms with Gasteiger partial charge < -0.3 is 10.6 Å². The summed E-state index contributed by atoms with van der Waals surface area (Å²) in [5, 5.41) is 5.52. The molecule has 2 N–H and O–H groups in total. The number of nitrogens with zero attached hydrogens (tertiary/aromatic N) is 2. The Hall–Kier alpha value is -3.13. The van der Waals surface area contributed by atoms with Crippen LogP contribution in [0.25, 0.3) is 0 Å². The molecule has 1 aliphatic rings. The number of aliphatic imine (C=N–C) groups is 1. The minimum Gasteiger partial charge on any atom is -0.368 e. The normalized spacial score (nSPS) is 17.0. The largest absolute Gasteiger partial charge is 0.368 e. The molecule has 1 fully saturated rings. The van der Waals surface area contributed by atoms with Crippen molar-refractivity contribution in [1.82, 2.24) is 10.6 Å². The van der Waals surface area contributed by atoms with Gasteiger partial charge in [0.25, 0.3) is 5.91 Å². The molecule has 2 aromatic carbocycles. The van der Waals surface area contributed by atoms with Gasteiger partial charge in [0.1, 0.15) is 5.25 Å². The van der Waals surface area contributed by atoms with Crippen LogP contribution >= 0.6 is 11.8 Å². The number of amides is 3. The van der Waals surface area contributed by atoms with Crippen LogP contribution in [0, 0.1) is 0 Å². The fourth-order valence-corrected chi connectivity index (χ4v) is 3.75. The number of anilines is 1. The van der Waals surface area contributed by atoms with Gasteiger partial charge in [-0.05, 0) is 36.4 Å². The van der Waals surface area contributed by atoms with Gasteiger partial charge in [-0.1, -0.05) is 30.0 Å². The zero-order valence-electron chi connectivity index (χ0n) is 15.5. The van der Waals surface area contributed by atoms with Gasteiger partial charge in [-0.15, -0.1) is 0 Å². The Morgan fingerprint density at radius 3 is 2.32 bits per heavy atom. The molecule has 0 spiro atoms. The summed E-state index contributed by atoms with van der Waals surface area (Å²) in [5.74, 6) is -0.793. The van der Waals surface area contributed by atoms with Crippen molar-refractivity contribution in [2.24, 2.45) is 4.99 Å². The van der Waals surface area contributed by atoms with Crippen molar-refractivity contribution in [3.05, 3.63) is 60.2 Å².